The fraction of sp³-hybridized carbons (Fsp3) is 0.0303. The Balaban J connectivity index is 1.67. The second-order valence-corrected chi connectivity index (χ2v) is 9.22. The lowest BCUT2D eigenvalue weighted by Crippen LogP contribution is -2.05. The van der Waals surface area contributed by atoms with Crippen LogP contribution in [-0.4, -0.2) is 0 Å². The van der Waals surface area contributed by atoms with Gasteiger partial charge in [-0.1, -0.05) is 48.5 Å². The van der Waals surface area contributed by atoms with E-state index in [4.69, 9.17) is 13.1 Å². The van der Waals surface area contributed by atoms with Gasteiger partial charge in [0.05, 0.1) is 30.8 Å². The van der Waals surface area contributed by atoms with Gasteiger partial charge < -0.3 is 0 Å². The monoisotopic (exact) mass is 522 g/mol. The lowest BCUT2D eigenvalue weighted by molar-refractivity contribution is -0.137. The molecule has 4 aromatic rings. The molecule has 0 N–H and O–H groups in total. The number of benzene rings is 4. The molecule has 0 amide bonds. The molecule has 0 unspecified atom stereocenters. The number of halogens is 3. The number of hydrogen-bond acceptors (Lipinski definition) is 2. The molecule has 186 valence electrons. The summed E-state index contributed by atoms with van der Waals surface area (Å²) in [5.41, 5.74) is 5.42. The Hall–Kier alpha value is -5.89. The molecule has 0 radical (unpaired) electrons. The average Bonchev–Trinajstić information content (AvgIpc) is 3.45. The molecule has 0 bridgehead atoms. The summed E-state index contributed by atoms with van der Waals surface area (Å²) in [5, 5.41) is 19.6. The third-order valence-electron chi connectivity index (χ3n) is 7.20. The van der Waals surface area contributed by atoms with E-state index in [1.165, 1.54) is 6.07 Å². The standard InChI is InChI=1S/C33H13F3N4/c1-39-29(16-37)31-25-12-19(18-6-4-3-5-7-18)8-10-21(25)23-14-28-24(15-27(23)31)22-11-9-20(33(34,35)36)13-26(22)32(28)30(17-38)40-2/h3-15H/b31-29+,32-30-. The van der Waals surface area contributed by atoms with Gasteiger partial charge in [0.15, 0.2) is 0 Å². The highest BCUT2D eigenvalue weighted by atomic mass is 19.4. The van der Waals surface area contributed by atoms with E-state index < -0.39 is 11.7 Å². The first-order valence-corrected chi connectivity index (χ1v) is 12.0. The van der Waals surface area contributed by atoms with Crippen molar-refractivity contribution in [1.82, 2.24) is 0 Å². The van der Waals surface area contributed by atoms with E-state index in [0.29, 0.717) is 39.0 Å². The molecule has 0 aromatic heterocycles. The highest BCUT2D eigenvalue weighted by molar-refractivity contribution is 6.11. The summed E-state index contributed by atoms with van der Waals surface area (Å²) in [6.07, 6.45) is -4.61. The molecule has 0 fully saturated rings. The Bertz CT molecular complexity index is 1990. The molecule has 0 heterocycles. The Morgan fingerprint density at radius 3 is 1.57 bits per heavy atom. The van der Waals surface area contributed by atoms with Crippen LogP contribution in [0.5, 0.6) is 0 Å². The van der Waals surface area contributed by atoms with Crippen molar-refractivity contribution in [2.45, 2.75) is 6.18 Å². The predicted octanol–water partition coefficient (Wildman–Crippen LogP) is 8.74. The number of fused-ring (bicyclic) bond motifs is 6. The highest BCUT2D eigenvalue weighted by Gasteiger charge is 2.36. The number of hydrogen-bond donors (Lipinski definition) is 0. The van der Waals surface area contributed by atoms with E-state index in [1.807, 2.05) is 60.7 Å². The van der Waals surface area contributed by atoms with E-state index in [2.05, 4.69) is 9.69 Å². The number of allylic oxidation sites excluding steroid dienone is 2. The Morgan fingerprint density at radius 1 is 0.575 bits per heavy atom. The summed E-state index contributed by atoms with van der Waals surface area (Å²) >= 11 is 0. The Kier molecular flexibility index (Phi) is 5.41. The van der Waals surface area contributed by atoms with Gasteiger partial charge in [0.25, 0.3) is 11.4 Å². The fourth-order valence-corrected chi connectivity index (χ4v) is 5.49. The first kappa shape index (κ1) is 24.4. The van der Waals surface area contributed by atoms with Crippen molar-refractivity contribution < 1.29 is 13.2 Å². The topological polar surface area (TPSA) is 56.3 Å². The van der Waals surface area contributed by atoms with Gasteiger partial charge in [0, 0.05) is 11.1 Å². The zero-order chi connectivity index (χ0) is 28.2. The third-order valence-corrected chi connectivity index (χ3v) is 7.20. The summed E-state index contributed by atoms with van der Waals surface area (Å²) in [7, 11) is 0. The smallest absolute Gasteiger partial charge is 0.226 e. The highest BCUT2D eigenvalue weighted by Crippen LogP contribution is 2.54. The maximum absolute atomic E-state index is 13.6. The van der Waals surface area contributed by atoms with Gasteiger partial charge in [-0.15, -0.1) is 0 Å². The van der Waals surface area contributed by atoms with Crippen molar-refractivity contribution in [3.63, 3.8) is 0 Å². The molecule has 0 aliphatic heterocycles. The minimum atomic E-state index is -4.61. The molecular formula is C33H13F3N4. The van der Waals surface area contributed by atoms with Crippen molar-refractivity contribution >= 4 is 11.1 Å². The van der Waals surface area contributed by atoms with Crippen LogP contribution in [0.15, 0.2) is 90.3 Å². The number of rotatable bonds is 1. The molecule has 4 aromatic carbocycles. The van der Waals surface area contributed by atoms with Crippen LogP contribution < -0.4 is 0 Å². The van der Waals surface area contributed by atoms with Crippen molar-refractivity contribution in [1.29, 1.82) is 10.5 Å². The van der Waals surface area contributed by atoms with Crippen LogP contribution in [0.4, 0.5) is 13.2 Å². The van der Waals surface area contributed by atoms with Gasteiger partial charge >= 0.3 is 6.18 Å². The molecule has 4 nitrogen and oxygen atoms in total. The number of alkyl halides is 3. The van der Waals surface area contributed by atoms with Crippen LogP contribution in [0.1, 0.15) is 27.8 Å². The maximum atomic E-state index is 13.6. The molecule has 2 aliphatic carbocycles. The molecule has 0 atom stereocenters. The summed E-state index contributed by atoms with van der Waals surface area (Å²) in [5.74, 6) is 0. The lowest BCUT2D eigenvalue weighted by Gasteiger charge is -2.10. The van der Waals surface area contributed by atoms with Crippen LogP contribution in [0.3, 0.4) is 0 Å². The number of nitriles is 2. The zero-order valence-corrected chi connectivity index (χ0v) is 20.4. The van der Waals surface area contributed by atoms with Crippen molar-refractivity contribution in [2.75, 3.05) is 0 Å². The minimum Gasteiger partial charge on any atom is -0.226 e. The third kappa shape index (κ3) is 3.51. The quantitative estimate of drug-likeness (QED) is 0.160. The van der Waals surface area contributed by atoms with E-state index in [1.54, 1.807) is 12.1 Å². The fourth-order valence-electron chi connectivity index (χ4n) is 5.49. The van der Waals surface area contributed by atoms with E-state index in [0.717, 1.165) is 28.8 Å². The van der Waals surface area contributed by atoms with Crippen LogP contribution in [0.2, 0.25) is 0 Å². The van der Waals surface area contributed by atoms with Gasteiger partial charge in [-0.2, -0.15) is 13.2 Å². The Morgan fingerprint density at radius 2 is 1.07 bits per heavy atom. The summed E-state index contributed by atoms with van der Waals surface area (Å²) in [6, 6.07) is 26.0. The minimum absolute atomic E-state index is 0.106. The first-order chi connectivity index (χ1) is 19.3. The Labute approximate surface area is 227 Å². The summed E-state index contributed by atoms with van der Waals surface area (Å²) in [6.45, 7) is 15.2. The zero-order valence-electron chi connectivity index (χ0n) is 20.4. The first-order valence-electron chi connectivity index (χ1n) is 12.0. The van der Waals surface area contributed by atoms with Crippen LogP contribution in [-0.2, 0) is 6.18 Å². The SMILES string of the molecule is [C-]#[N+]/C(C#N)=C1/c2cc(C(F)(F)F)ccc2-c2cc3c(cc21)-c1ccc(-c2ccccc2)cc1/C3=C(/C#N)[N+]#[C-]. The van der Waals surface area contributed by atoms with Crippen molar-refractivity contribution in [3.05, 3.63) is 141 Å². The molecule has 0 saturated carbocycles. The molecular weight excluding hydrogens is 509 g/mol. The second-order valence-electron chi connectivity index (χ2n) is 9.22. The number of nitrogens with zero attached hydrogens (tertiary/aromatic N) is 4. The molecule has 0 spiro atoms. The van der Waals surface area contributed by atoms with Gasteiger partial charge in [0.2, 0.25) is 0 Å². The van der Waals surface area contributed by atoms with Crippen LogP contribution in [0.25, 0.3) is 54.2 Å². The molecule has 2 aliphatic rings. The van der Waals surface area contributed by atoms with E-state index in [9.17, 15) is 23.7 Å². The maximum Gasteiger partial charge on any atom is 0.416 e. The lowest BCUT2D eigenvalue weighted by atomic mass is 9.95. The van der Waals surface area contributed by atoms with E-state index in [-0.39, 0.29) is 22.5 Å². The molecule has 0 saturated heterocycles. The average molecular weight is 522 g/mol. The largest absolute Gasteiger partial charge is 0.416 e. The van der Waals surface area contributed by atoms with Crippen molar-refractivity contribution in [3.8, 4) is 45.5 Å². The van der Waals surface area contributed by atoms with Gasteiger partial charge in [-0.25, -0.2) is 20.2 Å². The normalized spacial score (nSPS) is 14.9. The van der Waals surface area contributed by atoms with Gasteiger partial charge in [-0.05, 0) is 86.0 Å². The second kappa shape index (κ2) is 8.85. The molecule has 6 rings (SSSR count). The summed E-state index contributed by atoms with van der Waals surface area (Å²) < 4.78 is 40.8. The molecule has 40 heavy (non-hydrogen) atoms. The van der Waals surface area contributed by atoms with E-state index >= 15 is 0 Å². The van der Waals surface area contributed by atoms with Crippen LogP contribution in [0, 0.1) is 35.8 Å². The van der Waals surface area contributed by atoms with Gasteiger partial charge in [0.1, 0.15) is 0 Å². The summed E-state index contributed by atoms with van der Waals surface area (Å²) in [4.78, 5) is 6.81. The molecule has 7 heteroatoms. The predicted molar refractivity (Wildman–Crippen MR) is 144 cm³/mol. The van der Waals surface area contributed by atoms with Gasteiger partial charge in [-0.3, -0.25) is 0 Å². The van der Waals surface area contributed by atoms with Crippen LogP contribution >= 0.6 is 0 Å². The van der Waals surface area contributed by atoms with Crippen molar-refractivity contribution in [2.24, 2.45) is 0 Å².